The van der Waals surface area contributed by atoms with Gasteiger partial charge in [0.25, 0.3) is 0 Å². The summed E-state index contributed by atoms with van der Waals surface area (Å²) in [5.41, 5.74) is 78.6. The average molecular weight is 1360 g/mol. The highest BCUT2D eigenvalue weighted by atomic mass is 16.7. The van der Waals surface area contributed by atoms with Gasteiger partial charge in [-0.3, -0.25) is 28.8 Å². The third-order valence-corrected chi connectivity index (χ3v) is 14.8. The van der Waals surface area contributed by atoms with Crippen molar-refractivity contribution in [3.63, 3.8) is 0 Å². The van der Waals surface area contributed by atoms with E-state index in [1.807, 2.05) is 0 Å². The topological polar surface area (TPSA) is 657 Å². The van der Waals surface area contributed by atoms with Gasteiger partial charge < -0.3 is 125 Å². The summed E-state index contributed by atoms with van der Waals surface area (Å²) in [4.78, 5) is 170. The average Bonchev–Trinajstić information content (AvgIpc) is 1.06. The van der Waals surface area contributed by atoms with E-state index in [2.05, 4.69) is 53.8 Å². The number of unbranched alkanes of at least 4 members (excludes halogenated alkanes) is 7. The van der Waals surface area contributed by atoms with E-state index in [0.29, 0.717) is 135 Å². The van der Waals surface area contributed by atoms with E-state index >= 15 is 0 Å². The predicted molar refractivity (Wildman–Crippen MR) is 353 cm³/mol. The van der Waals surface area contributed by atoms with Crippen molar-refractivity contribution in [1.29, 1.82) is 0 Å². The molecule has 0 spiro atoms. The van der Waals surface area contributed by atoms with Crippen molar-refractivity contribution in [2.75, 3.05) is 72.0 Å². The molecule has 6 amide bonds. The Morgan fingerprint density at radius 3 is 0.789 bits per heavy atom. The second-order valence-electron chi connectivity index (χ2n) is 22.8. The molecule has 4 unspecified atom stereocenters. The number of nitrogens with one attached hydrogen (secondary N) is 10. The van der Waals surface area contributed by atoms with Gasteiger partial charge in [0.2, 0.25) is 35.4 Å². The van der Waals surface area contributed by atoms with E-state index in [9.17, 15) is 52.7 Å². The molecule has 0 aliphatic rings. The fraction of sp³-hybridized carbons (Fsp3) is 0.810. The van der Waals surface area contributed by atoms with Crippen molar-refractivity contribution in [3.8, 4) is 0 Å². The van der Waals surface area contributed by atoms with Crippen molar-refractivity contribution in [1.82, 2.24) is 53.8 Å². The summed E-state index contributed by atoms with van der Waals surface area (Å²) >= 11 is 0. The number of carbonyl (C=O) groups excluding carboxylic acids is 11. The van der Waals surface area contributed by atoms with Gasteiger partial charge in [0.1, 0.15) is 60.7 Å². The monoisotopic (exact) mass is 1360 g/mol. The standard InChI is InChI=1S/C58H118N22O15/c59-26-8-1-15-38(37-81)71-50(83)40(17-3-10-28-61)73-53(86)43(20-6-13-31-64)77-94-57(90)47(24-35-68)80-93-56(89)46(23-34-67)76-52(85)42(19-5-12-30-63)74-54(87)44(21-7-14-32-65)78-95-58(91)48(25-36-69)79-92-55(88)45(22-33-66)75-51(84)41(18-4-11-29-62)72-49(82)39(70)16-2-9-27-60/h37-48,77-80H,1-36,59-70H2,(H,71,83)(H,72,82)(H,73,86)(H,74,87)(H,75,84)(H,76,85)/t38-,39-,40-,41-,42-,43-,44-,45?,46?,47?,48?/m0/s1. The minimum absolute atomic E-state index is 0.000605. The zero-order valence-corrected chi connectivity index (χ0v) is 55.4. The summed E-state index contributed by atoms with van der Waals surface area (Å²) < 4.78 is 0. The lowest BCUT2D eigenvalue weighted by Crippen LogP contribution is -2.57. The maximum atomic E-state index is 14.1. The molecular formula is C58H118N22O15. The Morgan fingerprint density at radius 2 is 0.484 bits per heavy atom. The Labute approximate surface area is 557 Å². The first-order valence-electron chi connectivity index (χ1n) is 33.3. The van der Waals surface area contributed by atoms with Gasteiger partial charge in [-0.1, -0.05) is 6.42 Å². The van der Waals surface area contributed by atoms with Crippen LogP contribution in [0.2, 0.25) is 0 Å². The molecule has 0 aliphatic heterocycles. The van der Waals surface area contributed by atoms with E-state index in [1.165, 1.54) is 0 Å². The number of hydroxylamine groups is 4. The number of carbonyl (C=O) groups is 11. The lowest BCUT2D eigenvalue weighted by molar-refractivity contribution is -0.169. The van der Waals surface area contributed by atoms with Crippen molar-refractivity contribution in [2.45, 2.75) is 227 Å². The maximum absolute atomic E-state index is 14.1. The number of rotatable bonds is 61. The predicted octanol–water partition coefficient (Wildman–Crippen LogP) is -7.61. The summed E-state index contributed by atoms with van der Waals surface area (Å²) in [7, 11) is 0. The molecule has 95 heavy (non-hydrogen) atoms. The van der Waals surface area contributed by atoms with Crippen molar-refractivity contribution in [3.05, 3.63) is 0 Å². The van der Waals surface area contributed by atoms with E-state index in [-0.39, 0.29) is 104 Å². The Morgan fingerprint density at radius 1 is 0.253 bits per heavy atom. The summed E-state index contributed by atoms with van der Waals surface area (Å²) in [5.74, 6) is -8.66. The van der Waals surface area contributed by atoms with Crippen molar-refractivity contribution < 1.29 is 72.1 Å². The normalized spacial score (nSPS) is 14.7. The van der Waals surface area contributed by atoms with E-state index in [4.69, 9.17) is 88.2 Å². The van der Waals surface area contributed by atoms with Crippen LogP contribution in [0.15, 0.2) is 0 Å². The van der Waals surface area contributed by atoms with Crippen molar-refractivity contribution in [2.24, 2.45) is 68.8 Å². The largest absolute Gasteiger partial charge is 0.368 e. The lowest BCUT2D eigenvalue weighted by atomic mass is 10.0. The van der Waals surface area contributed by atoms with Gasteiger partial charge >= 0.3 is 23.9 Å². The van der Waals surface area contributed by atoms with Gasteiger partial charge in [-0.05, 0) is 226 Å². The Balaban J connectivity index is 6.36. The molecule has 0 radical (unpaired) electrons. The summed E-state index contributed by atoms with van der Waals surface area (Å²) in [6.07, 6.45) is 7.91. The second-order valence-corrected chi connectivity index (χ2v) is 22.8. The van der Waals surface area contributed by atoms with Crippen molar-refractivity contribution >= 4 is 65.6 Å². The van der Waals surface area contributed by atoms with Crippen LogP contribution in [-0.2, 0) is 72.1 Å². The SMILES string of the molecule is NCCCC[C@@H](C=O)NC(=O)[C@H](CCCCN)NC(=O)[C@H](CCCCN)NOC(=O)C(CCN)NOC(=O)C(CCN)NC(=O)[C@H](CCCCN)NC(=O)[C@H](CCCCN)NOC(=O)C(CCN)NOC(=O)C(CCN)NC(=O)[C@H](CCCCN)NC(=O)[C@@H](N)CCCCN. The van der Waals surface area contributed by atoms with Gasteiger partial charge in [0, 0.05) is 0 Å². The fourth-order valence-electron chi connectivity index (χ4n) is 9.15. The molecule has 0 aromatic rings. The molecule has 0 fully saturated rings. The van der Waals surface area contributed by atoms with Crippen LogP contribution in [0.25, 0.3) is 0 Å². The van der Waals surface area contributed by atoms with Crippen LogP contribution in [0.3, 0.4) is 0 Å². The van der Waals surface area contributed by atoms with E-state index < -0.39 is 126 Å². The van der Waals surface area contributed by atoms with Crippen LogP contribution in [0.1, 0.15) is 161 Å². The first-order chi connectivity index (χ1) is 45.7. The molecule has 0 saturated carbocycles. The molecule has 37 nitrogen and oxygen atoms in total. The summed E-state index contributed by atoms with van der Waals surface area (Å²) in [6, 6.07) is -13.5. The first-order valence-corrected chi connectivity index (χ1v) is 33.3. The molecule has 0 heterocycles. The Hall–Kier alpha value is -6.27. The minimum atomic E-state index is -1.47. The Bertz CT molecular complexity index is 2190. The molecule has 0 aliphatic carbocycles. The minimum Gasteiger partial charge on any atom is -0.368 e. The number of nitrogens with two attached hydrogens (primary N) is 12. The highest BCUT2D eigenvalue weighted by Crippen LogP contribution is 2.12. The maximum Gasteiger partial charge on any atom is 0.347 e. The zero-order chi connectivity index (χ0) is 71.2. The molecule has 0 saturated heterocycles. The molecule has 0 bridgehead atoms. The summed E-state index contributed by atoms with van der Waals surface area (Å²) in [6.45, 7) is 1.71. The molecule has 550 valence electrons. The highest BCUT2D eigenvalue weighted by Gasteiger charge is 2.35. The molecule has 11 atom stereocenters. The molecule has 0 aromatic heterocycles. The fourth-order valence-corrected chi connectivity index (χ4v) is 9.15. The third-order valence-electron chi connectivity index (χ3n) is 14.8. The molecule has 37 heteroatoms. The zero-order valence-electron chi connectivity index (χ0n) is 55.4. The number of hydrogen-bond donors (Lipinski definition) is 22. The number of amides is 6. The Kier molecular flexibility index (Phi) is 53.1. The van der Waals surface area contributed by atoms with Gasteiger partial charge in [-0.2, -0.15) is 0 Å². The highest BCUT2D eigenvalue weighted by molar-refractivity contribution is 5.94. The van der Waals surface area contributed by atoms with Gasteiger partial charge in [0.05, 0.1) is 12.1 Å². The quantitative estimate of drug-likeness (QED) is 0.0116. The molecular weight excluding hydrogens is 1240 g/mol. The van der Waals surface area contributed by atoms with Gasteiger partial charge in [0.15, 0.2) is 0 Å². The van der Waals surface area contributed by atoms with Crippen LogP contribution in [0, 0.1) is 0 Å². The van der Waals surface area contributed by atoms with E-state index in [1.54, 1.807) is 0 Å². The number of hydrogen-bond acceptors (Lipinski definition) is 31. The first kappa shape index (κ1) is 88.7. The van der Waals surface area contributed by atoms with Crippen LogP contribution in [-0.4, -0.2) is 204 Å². The number of aldehydes is 1. The lowest BCUT2D eigenvalue weighted by Gasteiger charge is -2.26. The van der Waals surface area contributed by atoms with Crippen LogP contribution >= 0.6 is 0 Å². The molecule has 0 aromatic carbocycles. The molecule has 0 rings (SSSR count). The van der Waals surface area contributed by atoms with Crippen LogP contribution in [0.4, 0.5) is 0 Å². The van der Waals surface area contributed by atoms with Crippen LogP contribution < -0.4 is 123 Å². The summed E-state index contributed by atoms with van der Waals surface area (Å²) in [5, 5.41) is 15.8. The third kappa shape index (κ3) is 40.1. The van der Waals surface area contributed by atoms with Gasteiger partial charge in [-0.15, -0.1) is 21.9 Å². The van der Waals surface area contributed by atoms with E-state index in [0.717, 1.165) is 0 Å². The smallest absolute Gasteiger partial charge is 0.347 e. The van der Waals surface area contributed by atoms with Crippen LogP contribution in [0.5, 0.6) is 0 Å². The second kappa shape index (κ2) is 56.9. The molecule has 34 N–H and O–H groups in total. The van der Waals surface area contributed by atoms with Gasteiger partial charge in [-0.25, -0.2) is 19.2 Å².